The molecule has 1 fully saturated rings. The summed E-state index contributed by atoms with van der Waals surface area (Å²) in [5.74, 6) is 1.10. The summed E-state index contributed by atoms with van der Waals surface area (Å²) in [4.78, 5) is 2.49. The lowest BCUT2D eigenvalue weighted by atomic mass is 10.3. The number of rotatable bonds is 3. The van der Waals surface area contributed by atoms with Gasteiger partial charge < -0.3 is 14.4 Å². The van der Waals surface area contributed by atoms with Gasteiger partial charge in [-0.05, 0) is 30.7 Å². The molecule has 4 rings (SSSR count). The van der Waals surface area contributed by atoms with Gasteiger partial charge in [-0.2, -0.15) is 4.31 Å². The second-order valence-electron chi connectivity index (χ2n) is 6.39. The van der Waals surface area contributed by atoms with Crippen LogP contribution in [0.1, 0.15) is 6.42 Å². The van der Waals surface area contributed by atoms with Crippen molar-refractivity contribution in [1.29, 1.82) is 0 Å². The zero-order chi connectivity index (χ0) is 18.0. The summed E-state index contributed by atoms with van der Waals surface area (Å²) in [7, 11) is -3.55. The highest BCUT2D eigenvalue weighted by Crippen LogP contribution is 2.33. The van der Waals surface area contributed by atoms with Crippen molar-refractivity contribution in [3.8, 4) is 11.5 Å². The number of nitrogens with zero attached hydrogens (tertiary/aromatic N) is 2. The molecule has 7 heteroatoms. The molecule has 138 valence electrons. The van der Waals surface area contributed by atoms with Crippen LogP contribution in [0, 0.1) is 0 Å². The van der Waals surface area contributed by atoms with Gasteiger partial charge in [0.1, 0.15) is 13.2 Å². The third-order valence-electron chi connectivity index (χ3n) is 4.73. The highest BCUT2D eigenvalue weighted by molar-refractivity contribution is 7.89. The van der Waals surface area contributed by atoms with Gasteiger partial charge in [-0.1, -0.05) is 18.2 Å². The van der Waals surface area contributed by atoms with E-state index in [1.54, 1.807) is 22.5 Å². The summed E-state index contributed by atoms with van der Waals surface area (Å²) in [5, 5.41) is 0. The van der Waals surface area contributed by atoms with Crippen LogP contribution in [0.25, 0.3) is 0 Å². The molecule has 0 saturated carbocycles. The predicted molar refractivity (Wildman–Crippen MR) is 99.5 cm³/mol. The van der Waals surface area contributed by atoms with Gasteiger partial charge in [0.05, 0.1) is 4.90 Å². The van der Waals surface area contributed by atoms with Crippen molar-refractivity contribution < 1.29 is 17.9 Å². The van der Waals surface area contributed by atoms with Gasteiger partial charge in [-0.3, -0.25) is 0 Å². The van der Waals surface area contributed by atoms with Crippen LogP contribution in [0.4, 0.5) is 5.69 Å². The third kappa shape index (κ3) is 3.37. The predicted octanol–water partition coefficient (Wildman–Crippen LogP) is 2.36. The van der Waals surface area contributed by atoms with Crippen LogP contribution in [0.5, 0.6) is 11.5 Å². The van der Waals surface area contributed by atoms with Crippen LogP contribution in [0.2, 0.25) is 0 Å². The maximum absolute atomic E-state index is 13.1. The topological polar surface area (TPSA) is 59.1 Å². The molecule has 0 amide bonds. The molecule has 1 saturated heterocycles. The van der Waals surface area contributed by atoms with Crippen LogP contribution in [0.15, 0.2) is 53.4 Å². The molecule has 2 aliphatic rings. The molecule has 0 aliphatic carbocycles. The van der Waals surface area contributed by atoms with E-state index in [9.17, 15) is 8.42 Å². The Bertz CT molecular complexity index is 870. The highest BCUT2D eigenvalue weighted by Gasteiger charge is 2.28. The van der Waals surface area contributed by atoms with Crippen molar-refractivity contribution in [2.24, 2.45) is 0 Å². The van der Waals surface area contributed by atoms with Gasteiger partial charge >= 0.3 is 0 Å². The number of benzene rings is 2. The van der Waals surface area contributed by atoms with E-state index in [1.165, 1.54) is 0 Å². The lowest BCUT2D eigenvalue weighted by Gasteiger charge is -2.24. The van der Waals surface area contributed by atoms with Crippen molar-refractivity contribution in [2.45, 2.75) is 11.3 Å². The fourth-order valence-corrected chi connectivity index (χ4v) is 4.85. The zero-order valence-corrected chi connectivity index (χ0v) is 15.3. The Morgan fingerprint density at radius 3 is 2.38 bits per heavy atom. The first-order valence-electron chi connectivity index (χ1n) is 8.84. The number of anilines is 1. The second-order valence-corrected chi connectivity index (χ2v) is 8.32. The smallest absolute Gasteiger partial charge is 0.243 e. The van der Waals surface area contributed by atoms with E-state index in [2.05, 4.69) is 17.0 Å². The van der Waals surface area contributed by atoms with Crippen LogP contribution >= 0.6 is 0 Å². The Morgan fingerprint density at radius 2 is 1.58 bits per heavy atom. The lowest BCUT2D eigenvalue weighted by molar-refractivity contribution is 0.171. The van der Waals surface area contributed by atoms with Crippen LogP contribution in [-0.2, 0) is 10.0 Å². The SMILES string of the molecule is O=S(=O)(c1ccc2c(c1)OCCO2)N1CCCN(c2ccccc2)CC1. The number of sulfonamides is 1. The molecule has 2 aromatic carbocycles. The number of ether oxygens (including phenoxy) is 2. The number of hydrogen-bond acceptors (Lipinski definition) is 5. The molecule has 6 nitrogen and oxygen atoms in total. The first-order chi connectivity index (χ1) is 12.6. The van der Waals surface area contributed by atoms with E-state index >= 15 is 0 Å². The summed E-state index contributed by atoms with van der Waals surface area (Å²) in [6.45, 7) is 3.42. The van der Waals surface area contributed by atoms with Gasteiger partial charge in [-0.25, -0.2) is 8.42 Å². The summed E-state index contributed by atoms with van der Waals surface area (Å²) in [6.07, 6.45) is 0.790. The van der Waals surface area contributed by atoms with E-state index in [0.717, 1.165) is 18.7 Å². The monoisotopic (exact) mass is 374 g/mol. The first-order valence-corrected chi connectivity index (χ1v) is 10.3. The average Bonchev–Trinajstić information content (AvgIpc) is 2.95. The summed E-state index contributed by atoms with van der Waals surface area (Å²) in [5.41, 5.74) is 1.13. The van der Waals surface area contributed by atoms with Gasteiger partial charge in [-0.15, -0.1) is 0 Å². The minimum Gasteiger partial charge on any atom is -0.486 e. The number of para-hydroxylation sites is 1. The molecular weight excluding hydrogens is 352 g/mol. The third-order valence-corrected chi connectivity index (χ3v) is 6.62. The Kier molecular flexibility index (Phi) is 4.74. The largest absolute Gasteiger partial charge is 0.486 e. The molecule has 2 aliphatic heterocycles. The molecule has 0 radical (unpaired) electrons. The van der Waals surface area contributed by atoms with Crippen LogP contribution < -0.4 is 14.4 Å². The minimum atomic E-state index is -3.55. The zero-order valence-electron chi connectivity index (χ0n) is 14.5. The molecule has 0 aromatic heterocycles. The fourth-order valence-electron chi connectivity index (χ4n) is 3.36. The molecule has 0 unspecified atom stereocenters. The van der Waals surface area contributed by atoms with Crippen molar-refractivity contribution in [1.82, 2.24) is 4.31 Å². The van der Waals surface area contributed by atoms with E-state index in [1.807, 2.05) is 18.2 Å². The maximum atomic E-state index is 13.1. The van der Waals surface area contributed by atoms with Gasteiger partial charge in [0.15, 0.2) is 11.5 Å². The van der Waals surface area contributed by atoms with Crippen molar-refractivity contribution >= 4 is 15.7 Å². The Hall–Kier alpha value is -2.25. The molecular formula is C19H22N2O4S. The fraction of sp³-hybridized carbons (Fsp3) is 0.368. The van der Waals surface area contributed by atoms with E-state index < -0.39 is 10.0 Å². The Balaban J connectivity index is 1.53. The Morgan fingerprint density at radius 1 is 0.808 bits per heavy atom. The van der Waals surface area contributed by atoms with Crippen LogP contribution in [-0.4, -0.2) is 52.1 Å². The van der Waals surface area contributed by atoms with E-state index in [0.29, 0.717) is 44.3 Å². The maximum Gasteiger partial charge on any atom is 0.243 e. The van der Waals surface area contributed by atoms with E-state index in [-0.39, 0.29) is 4.90 Å². The van der Waals surface area contributed by atoms with Gasteiger partial charge in [0.2, 0.25) is 10.0 Å². The molecule has 0 bridgehead atoms. The Labute approximate surface area is 154 Å². The van der Waals surface area contributed by atoms with E-state index in [4.69, 9.17) is 9.47 Å². The standard InChI is InChI=1S/C19H22N2O4S/c22-26(23,17-7-8-18-19(15-17)25-14-13-24-18)21-10-4-9-20(11-12-21)16-5-2-1-3-6-16/h1-3,5-8,15H,4,9-14H2. The molecule has 2 heterocycles. The average molecular weight is 374 g/mol. The second kappa shape index (κ2) is 7.17. The van der Waals surface area contributed by atoms with Crippen molar-refractivity contribution in [3.05, 3.63) is 48.5 Å². The minimum absolute atomic E-state index is 0.259. The number of fused-ring (bicyclic) bond motifs is 1. The quantitative estimate of drug-likeness (QED) is 0.825. The summed E-state index contributed by atoms with van der Waals surface area (Å²) in [6, 6.07) is 15.0. The normalized spacial score (nSPS) is 18.4. The molecule has 0 spiro atoms. The molecule has 0 N–H and O–H groups in total. The van der Waals surface area contributed by atoms with Crippen LogP contribution in [0.3, 0.4) is 0 Å². The molecule has 26 heavy (non-hydrogen) atoms. The summed E-state index contributed by atoms with van der Waals surface area (Å²) >= 11 is 0. The summed E-state index contributed by atoms with van der Waals surface area (Å²) < 4.78 is 38.7. The molecule has 2 aromatic rings. The number of hydrogen-bond donors (Lipinski definition) is 0. The first kappa shape index (κ1) is 17.2. The lowest BCUT2D eigenvalue weighted by Crippen LogP contribution is -2.35. The highest BCUT2D eigenvalue weighted by atomic mass is 32.2. The van der Waals surface area contributed by atoms with Gasteiger partial charge in [0.25, 0.3) is 0 Å². The van der Waals surface area contributed by atoms with Crippen molar-refractivity contribution in [2.75, 3.05) is 44.3 Å². The molecule has 0 atom stereocenters. The van der Waals surface area contributed by atoms with Crippen molar-refractivity contribution in [3.63, 3.8) is 0 Å². The van der Waals surface area contributed by atoms with Gasteiger partial charge in [0, 0.05) is 37.9 Å².